The Morgan fingerprint density at radius 3 is 3.06 bits per heavy atom. The summed E-state index contributed by atoms with van der Waals surface area (Å²) in [6.07, 6.45) is 4.07. The van der Waals surface area contributed by atoms with Crippen LogP contribution >= 0.6 is 15.9 Å². The van der Waals surface area contributed by atoms with Crippen LogP contribution in [0, 0.1) is 11.8 Å². The first-order chi connectivity index (χ1) is 8.74. The van der Waals surface area contributed by atoms with Crippen LogP contribution in [0.25, 0.3) is 0 Å². The fraction of sp³-hybridized carbons (Fsp3) is 0.357. The minimum atomic E-state index is 0.180. The summed E-state index contributed by atoms with van der Waals surface area (Å²) < 4.78 is 0.886. The first-order valence-corrected chi connectivity index (χ1v) is 6.63. The highest BCUT2D eigenvalue weighted by atomic mass is 79.9. The van der Waals surface area contributed by atoms with E-state index in [0.29, 0.717) is 12.2 Å². The number of phenols is 1. The molecule has 0 unspecified atom stereocenters. The smallest absolute Gasteiger partial charge is 0.124 e. The summed E-state index contributed by atoms with van der Waals surface area (Å²) in [5, 5.41) is 13.4. The number of aromatic hydroxyl groups is 1. The summed E-state index contributed by atoms with van der Waals surface area (Å²) in [6, 6.07) is 5.14. The largest absolute Gasteiger partial charge is 0.507 e. The molecular formula is C14H16BrNO2. The van der Waals surface area contributed by atoms with E-state index in [1.807, 2.05) is 6.92 Å². The molecule has 0 saturated heterocycles. The van der Waals surface area contributed by atoms with Gasteiger partial charge in [0, 0.05) is 22.9 Å². The number of nitrogens with zero attached hydrogens (tertiary/aromatic N) is 1. The van der Waals surface area contributed by atoms with Crippen LogP contribution in [-0.4, -0.2) is 17.9 Å². The molecule has 18 heavy (non-hydrogen) atoms. The lowest BCUT2D eigenvalue weighted by atomic mass is 10.2. The maximum absolute atomic E-state index is 9.55. The van der Waals surface area contributed by atoms with Crippen molar-refractivity contribution in [2.45, 2.75) is 26.2 Å². The topological polar surface area (TPSA) is 41.8 Å². The molecule has 0 aliphatic rings. The molecule has 0 radical (unpaired) electrons. The summed E-state index contributed by atoms with van der Waals surface area (Å²) in [5.74, 6) is 6.21. The molecule has 0 bridgehead atoms. The van der Waals surface area contributed by atoms with Crippen LogP contribution in [0.2, 0.25) is 0 Å². The highest BCUT2D eigenvalue weighted by Gasteiger charge is 1.98. The van der Waals surface area contributed by atoms with Gasteiger partial charge in [0.05, 0.1) is 6.21 Å². The van der Waals surface area contributed by atoms with E-state index in [0.717, 1.165) is 23.7 Å². The first kappa shape index (κ1) is 14.6. The van der Waals surface area contributed by atoms with Crippen LogP contribution in [-0.2, 0) is 4.84 Å². The lowest BCUT2D eigenvalue weighted by molar-refractivity contribution is 0.144. The monoisotopic (exact) mass is 309 g/mol. The highest BCUT2D eigenvalue weighted by molar-refractivity contribution is 9.10. The Bertz CT molecular complexity index is 461. The SMILES string of the molecule is CCC#CCCCO/N=C/c1cc(Br)ccc1O. The minimum absolute atomic E-state index is 0.180. The van der Waals surface area contributed by atoms with Gasteiger partial charge in [-0.2, -0.15) is 0 Å². The van der Waals surface area contributed by atoms with E-state index in [2.05, 4.69) is 32.9 Å². The van der Waals surface area contributed by atoms with Crippen LogP contribution in [0.4, 0.5) is 0 Å². The number of halogens is 1. The van der Waals surface area contributed by atoms with Crippen molar-refractivity contribution in [1.29, 1.82) is 0 Å². The molecule has 0 fully saturated rings. The third-order valence-corrected chi connectivity index (χ3v) is 2.59. The Morgan fingerprint density at radius 2 is 2.28 bits per heavy atom. The number of rotatable bonds is 5. The van der Waals surface area contributed by atoms with Gasteiger partial charge in [-0.1, -0.05) is 28.0 Å². The van der Waals surface area contributed by atoms with E-state index in [4.69, 9.17) is 4.84 Å². The first-order valence-electron chi connectivity index (χ1n) is 5.83. The van der Waals surface area contributed by atoms with Gasteiger partial charge in [0.2, 0.25) is 0 Å². The minimum Gasteiger partial charge on any atom is -0.507 e. The van der Waals surface area contributed by atoms with Gasteiger partial charge >= 0.3 is 0 Å². The Morgan fingerprint density at radius 1 is 1.44 bits per heavy atom. The van der Waals surface area contributed by atoms with Gasteiger partial charge in [-0.3, -0.25) is 0 Å². The van der Waals surface area contributed by atoms with Gasteiger partial charge in [-0.05, 0) is 24.6 Å². The van der Waals surface area contributed by atoms with Crippen molar-refractivity contribution in [3.63, 3.8) is 0 Å². The molecule has 0 aliphatic heterocycles. The Balaban J connectivity index is 2.30. The predicted octanol–water partition coefficient (Wildman–Crippen LogP) is 3.70. The van der Waals surface area contributed by atoms with E-state index in [1.165, 1.54) is 6.21 Å². The standard InChI is InChI=1S/C14H16BrNO2/c1-2-3-4-5-6-9-18-16-11-12-10-13(15)7-8-14(12)17/h7-8,10-11,17H,2,5-6,9H2,1H3/b16-11+. The maximum Gasteiger partial charge on any atom is 0.124 e. The summed E-state index contributed by atoms with van der Waals surface area (Å²) in [4.78, 5) is 5.09. The molecule has 1 rings (SSSR count). The van der Waals surface area contributed by atoms with Gasteiger partial charge in [0.1, 0.15) is 12.4 Å². The number of hydrogen-bond donors (Lipinski definition) is 1. The Hall–Kier alpha value is -1.47. The van der Waals surface area contributed by atoms with Crippen molar-refractivity contribution in [3.8, 4) is 17.6 Å². The van der Waals surface area contributed by atoms with Crippen molar-refractivity contribution < 1.29 is 9.94 Å². The van der Waals surface area contributed by atoms with Crippen LogP contribution < -0.4 is 0 Å². The molecule has 1 aromatic rings. The van der Waals surface area contributed by atoms with Crippen molar-refractivity contribution in [3.05, 3.63) is 28.2 Å². The van der Waals surface area contributed by atoms with Gasteiger partial charge < -0.3 is 9.94 Å². The van der Waals surface area contributed by atoms with E-state index in [1.54, 1.807) is 18.2 Å². The third kappa shape index (κ3) is 5.74. The number of benzene rings is 1. The van der Waals surface area contributed by atoms with Crippen molar-refractivity contribution in [2.24, 2.45) is 5.16 Å². The number of oxime groups is 1. The second kappa shape index (κ2) is 8.60. The zero-order valence-corrected chi connectivity index (χ0v) is 11.9. The van der Waals surface area contributed by atoms with Crippen molar-refractivity contribution >= 4 is 22.1 Å². The highest BCUT2D eigenvalue weighted by Crippen LogP contribution is 2.19. The van der Waals surface area contributed by atoms with Gasteiger partial charge in [-0.25, -0.2) is 0 Å². The van der Waals surface area contributed by atoms with E-state index >= 15 is 0 Å². The predicted molar refractivity (Wildman–Crippen MR) is 76.7 cm³/mol. The van der Waals surface area contributed by atoms with E-state index in [9.17, 15) is 5.11 Å². The summed E-state index contributed by atoms with van der Waals surface area (Å²) in [5.41, 5.74) is 0.621. The lowest BCUT2D eigenvalue weighted by Gasteiger charge is -1.99. The molecule has 96 valence electrons. The molecule has 0 saturated carbocycles. The Labute approximate surface area is 116 Å². The summed E-state index contributed by atoms with van der Waals surface area (Å²) in [6.45, 7) is 2.56. The normalized spacial score (nSPS) is 10.1. The number of hydrogen-bond acceptors (Lipinski definition) is 3. The Kier molecular flexibility index (Phi) is 6.97. The zero-order chi connectivity index (χ0) is 13.2. The molecule has 0 aliphatic carbocycles. The molecular weight excluding hydrogens is 294 g/mol. The van der Waals surface area contributed by atoms with Gasteiger partial charge in [0.25, 0.3) is 0 Å². The fourth-order valence-corrected chi connectivity index (χ4v) is 1.59. The fourth-order valence-electron chi connectivity index (χ4n) is 1.21. The van der Waals surface area contributed by atoms with Gasteiger partial charge in [-0.15, -0.1) is 11.8 Å². The molecule has 0 heterocycles. The molecule has 1 N–H and O–H groups in total. The van der Waals surface area contributed by atoms with Crippen molar-refractivity contribution in [1.82, 2.24) is 0 Å². The summed E-state index contributed by atoms with van der Waals surface area (Å²) >= 11 is 3.33. The summed E-state index contributed by atoms with van der Waals surface area (Å²) in [7, 11) is 0. The zero-order valence-electron chi connectivity index (χ0n) is 10.3. The van der Waals surface area contributed by atoms with E-state index in [-0.39, 0.29) is 5.75 Å². The average molecular weight is 310 g/mol. The van der Waals surface area contributed by atoms with Crippen LogP contribution in [0.3, 0.4) is 0 Å². The molecule has 0 aromatic heterocycles. The molecule has 0 atom stereocenters. The molecule has 0 spiro atoms. The third-order valence-electron chi connectivity index (χ3n) is 2.10. The number of phenolic OH excluding ortho intramolecular Hbond substituents is 1. The quantitative estimate of drug-likeness (QED) is 0.390. The molecule has 4 heteroatoms. The van der Waals surface area contributed by atoms with Crippen molar-refractivity contribution in [2.75, 3.05) is 6.61 Å². The van der Waals surface area contributed by atoms with Gasteiger partial charge in [0.15, 0.2) is 0 Å². The van der Waals surface area contributed by atoms with Crippen LogP contribution in [0.1, 0.15) is 31.7 Å². The second-order valence-corrected chi connectivity index (χ2v) is 4.50. The maximum atomic E-state index is 9.55. The van der Waals surface area contributed by atoms with E-state index < -0.39 is 0 Å². The van der Waals surface area contributed by atoms with Crippen LogP contribution in [0.5, 0.6) is 5.75 Å². The number of unbranched alkanes of at least 4 members (excludes halogenated alkanes) is 1. The molecule has 1 aromatic carbocycles. The average Bonchev–Trinajstić information content (AvgIpc) is 2.36. The lowest BCUT2D eigenvalue weighted by Crippen LogP contribution is -1.89. The second-order valence-electron chi connectivity index (χ2n) is 3.58. The van der Waals surface area contributed by atoms with Crippen LogP contribution in [0.15, 0.2) is 27.8 Å². The molecule has 3 nitrogen and oxygen atoms in total. The molecule has 0 amide bonds.